The molecule has 4 N–H and O–H groups in total. The quantitative estimate of drug-likeness (QED) is 0.00926. The molecule has 92 heavy (non-hydrogen) atoms. The molecule has 0 aliphatic heterocycles. The first-order valence-corrected chi connectivity index (χ1v) is 27.7. The molecule has 0 saturated heterocycles. The molecule has 0 fully saturated rings. The van der Waals surface area contributed by atoms with Crippen molar-refractivity contribution in [2.45, 2.75) is 43.8 Å². The van der Waals surface area contributed by atoms with Crippen LogP contribution in [0.15, 0.2) is 250 Å². The van der Waals surface area contributed by atoms with E-state index in [1.807, 2.05) is 31.1 Å². The standard InChI is InChI=1S/C35H45N44O11PS/c1-77(2)33-10-5-9-32-31(33)8-6-11-34(32)92(83,84)89-15-4-3-13-85-24-27-22-78(73-39-27)29-18-26(20-35(80)38-12-7-14-88-91(81,82)90-76-72-70-68-66-64-62-60-58-56-54-52-50-48-46-44-42-37)19-30(21-29)79-23-28(40-74-79)25-86-16-17-87-75-71-69-67-65-63-61-59-57-55-53-51-49-47-45-43-41-36/h5-6,8-11,18-19,21-23,36-37H,3-4,7,12-17,20,24-25H2,1-2H3,(H,38,80)(H,81,82)/b41-36?,42-37?,45-43+,46-44+,49-47+,50-48+,53-51+,54-52+,57-55+,58-56+,61-59+,62-60+,65-63+,66-64+,69-67+,70-68+,75-71+,76-72-. The summed E-state index contributed by atoms with van der Waals surface area (Å²) in [6.07, 6.45) is 3.96. The lowest BCUT2D eigenvalue weighted by Gasteiger charge is -2.16. The van der Waals surface area contributed by atoms with Gasteiger partial charge in [-0.25, -0.2) is 13.9 Å². The summed E-state index contributed by atoms with van der Waals surface area (Å²) in [6, 6.07) is 15.6. The first-order valence-electron chi connectivity index (χ1n) is 24.8. The SMILES string of the molecule is CN(C)c1cccc2c(S(=O)(=O)OCCCCOCc3cn(-c4cc(CC(=O)NCCCOP(=O)(O)O\N=N/N=N/N=N/N=N/N=N/N=N/N=N/N=N/N=N)cc(-n5cc(COCCO/N=N/N=N/N=N/N=N/N=N/N=N/N=N/N=N/N=N)nn5)c4)nn3)cccc12. The Morgan fingerprint density at radius 3 is 1.57 bits per heavy atom. The predicted molar refractivity (Wildman–Crippen MR) is 288 cm³/mol. The van der Waals surface area contributed by atoms with Crippen LogP contribution in [0, 0.1) is 11.1 Å². The van der Waals surface area contributed by atoms with E-state index in [1.165, 1.54) is 15.4 Å². The number of hydrogen-bond donors (Lipinski definition) is 4. The minimum Gasteiger partial charge on any atom is -0.377 e. The number of fused-ring (bicyclic) bond motifs is 1. The maximum Gasteiger partial charge on any atom is 0.549 e. The van der Waals surface area contributed by atoms with Gasteiger partial charge in [0, 0.05) is 133 Å². The van der Waals surface area contributed by atoms with Crippen molar-refractivity contribution >= 4 is 40.3 Å². The molecule has 482 valence electrons. The molecule has 0 saturated carbocycles. The van der Waals surface area contributed by atoms with Gasteiger partial charge in [-0.3, -0.25) is 23.0 Å². The van der Waals surface area contributed by atoms with E-state index in [2.05, 4.69) is 208 Å². The second-order valence-corrected chi connectivity index (χ2v) is 18.9. The average molecular weight is 1320 g/mol. The monoisotopic (exact) mass is 1320 g/mol. The second-order valence-electron chi connectivity index (χ2n) is 15.9. The summed E-state index contributed by atoms with van der Waals surface area (Å²) < 4.78 is 67.5. The molecule has 55 nitrogen and oxygen atoms in total. The summed E-state index contributed by atoms with van der Waals surface area (Å²) in [7, 11) is -5.07. The van der Waals surface area contributed by atoms with E-state index in [-0.39, 0.29) is 70.5 Å². The van der Waals surface area contributed by atoms with Crippen LogP contribution in [-0.4, -0.2) is 103 Å². The third-order valence-electron chi connectivity index (χ3n) is 9.67. The van der Waals surface area contributed by atoms with Gasteiger partial charge >= 0.3 is 7.82 Å². The summed E-state index contributed by atoms with van der Waals surface area (Å²) in [5.74, 6) is -0.444. The Bertz CT molecular complexity index is 3820. The van der Waals surface area contributed by atoms with E-state index in [0.717, 1.165) is 11.1 Å². The van der Waals surface area contributed by atoms with Gasteiger partial charge < -0.3 is 24.5 Å². The van der Waals surface area contributed by atoms with E-state index in [0.29, 0.717) is 46.6 Å². The van der Waals surface area contributed by atoms with Crippen LogP contribution in [-0.2, 0) is 66.8 Å². The first-order chi connectivity index (χ1) is 44.9. The highest BCUT2D eigenvalue weighted by molar-refractivity contribution is 7.87. The number of nitrogens with one attached hydrogen (secondary N) is 3. The summed E-state index contributed by atoms with van der Waals surface area (Å²) in [6.45, 7) is -0.149. The van der Waals surface area contributed by atoms with Gasteiger partial charge in [-0.15, -0.1) is 10.2 Å². The second kappa shape index (κ2) is 41.9. The van der Waals surface area contributed by atoms with E-state index < -0.39 is 23.8 Å². The molecule has 1 unspecified atom stereocenters. The lowest BCUT2D eigenvalue weighted by atomic mass is 10.1. The number of nitrogens with zero attached hydrogens (tertiary/aromatic N) is 41. The average Bonchev–Trinajstić information content (AvgIpc) is 0.919. The maximum atomic E-state index is 13.2. The summed E-state index contributed by atoms with van der Waals surface area (Å²) in [5.41, 5.74) is 15.8. The zero-order valence-electron chi connectivity index (χ0n) is 47.1. The normalized spacial score (nSPS) is 13.7. The number of rotatable bonds is 43. The maximum absolute atomic E-state index is 13.2. The number of ether oxygens (including phenoxy) is 2. The van der Waals surface area contributed by atoms with Crippen LogP contribution in [0.1, 0.15) is 36.2 Å². The molecule has 1 amide bonds. The van der Waals surface area contributed by atoms with Crippen molar-refractivity contribution in [3.8, 4) is 11.4 Å². The van der Waals surface area contributed by atoms with Crippen molar-refractivity contribution in [2.24, 2.45) is 178 Å². The van der Waals surface area contributed by atoms with Crippen LogP contribution in [0.2, 0.25) is 0 Å². The molecule has 0 spiro atoms. The van der Waals surface area contributed by atoms with E-state index in [4.69, 9.17) is 34.1 Å². The lowest BCUT2D eigenvalue weighted by Crippen LogP contribution is -2.26. The zero-order chi connectivity index (χ0) is 65.6. The Hall–Kier alpha value is -12.1. The van der Waals surface area contributed by atoms with Gasteiger partial charge in [-0.2, -0.15) is 19.5 Å². The highest BCUT2D eigenvalue weighted by Crippen LogP contribution is 2.43. The van der Waals surface area contributed by atoms with Crippen LogP contribution >= 0.6 is 7.82 Å². The number of carbonyl (C=O) groups is 1. The molecule has 0 aliphatic carbocycles. The molecular weight excluding hydrogens is 1280 g/mol. The van der Waals surface area contributed by atoms with Crippen LogP contribution in [0.3, 0.4) is 0 Å². The van der Waals surface area contributed by atoms with Crippen molar-refractivity contribution in [1.82, 2.24) is 35.3 Å². The number of unbranched alkanes of at least 4 members (excludes halogenated alkanes) is 1. The fraction of sp³-hybridized carbons (Fsp3) is 0.400. The van der Waals surface area contributed by atoms with Gasteiger partial charge in [0.15, 0.2) is 0 Å². The highest BCUT2D eigenvalue weighted by atomic mass is 32.2. The van der Waals surface area contributed by atoms with Crippen molar-refractivity contribution in [3.63, 3.8) is 0 Å². The minimum absolute atomic E-state index is 0.000328. The third-order valence-corrected chi connectivity index (χ3v) is 11.8. The number of aromatic nitrogens is 6. The van der Waals surface area contributed by atoms with Crippen molar-refractivity contribution in [2.75, 3.05) is 58.6 Å². The van der Waals surface area contributed by atoms with E-state index >= 15 is 0 Å². The molecular formula is C35H45N44O11PS. The van der Waals surface area contributed by atoms with Crippen LogP contribution < -0.4 is 10.2 Å². The topological polar surface area (TPSA) is 689 Å². The van der Waals surface area contributed by atoms with Crippen LogP contribution in [0.4, 0.5) is 5.69 Å². The largest absolute Gasteiger partial charge is 0.549 e. The Kier molecular flexibility index (Phi) is 32.1. The number of hydrogen-bond acceptors (Lipinski definition) is 19. The molecule has 3 aromatic carbocycles. The van der Waals surface area contributed by atoms with E-state index in [1.54, 1.807) is 48.8 Å². The van der Waals surface area contributed by atoms with Gasteiger partial charge in [0.25, 0.3) is 10.1 Å². The zero-order valence-corrected chi connectivity index (χ0v) is 48.8. The molecule has 57 heteroatoms. The number of phosphoric ester groups is 1. The Labute approximate surface area is 511 Å². The van der Waals surface area contributed by atoms with Gasteiger partial charge in [0.05, 0.1) is 68.5 Å². The number of amides is 1. The summed E-state index contributed by atoms with van der Waals surface area (Å²) in [5, 5.41) is 123. The Balaban J connectivity index is 1.09. The van der Waals surface area contributed by atoms with Crippen molar-refractivity contribution in [3.05, 3.63) is 83.9 Å². The smallest absolute Gasteiger partial charge is 0.377 e. The number of benzene rings is 3. The third kappa shape index (κ3) is 28.6. The van der Waals surface area contributed by atoms with Crippen LogP contribution in [0.25, 0.3) is 22.1 Å². The lowest BCUT2D eigenvalue weighted by molar-refractivity contribution is -0.120. The van der Waals surface area contributed by atoms with Crippen LogP contribution in [0.5, 0.6) is 0 Å². The fourth-order valence-electron chi connectivity index (χ4n) is 6.28. The van der Waals surface area contributed by atoms with Gasteiger partial charge in [0.2, 0.25) is 5.91 Å². The van der Waals surface area contributed by atoms with Crippen molar-refractivity contribution < 1.29 is 50.3 Å². The minimum atomic E-state index is -4.77. The molecule has 5 aromatic rings. The highest BCUT2D eigenvalue weighted by Gasteiger charge is 2.23. The van der Waals surface area contributed by atoms with Gasteiger partial charge in [0.1, 0.15) is 22.9 Å². The molecule has 1 atom stereocenters. The number of anilines is 1. The molecule has 0 bridgehead atoms. The summed E-state index contributed by atoms with van der Waals surface area (Å²) >= 11 is 0. The first kappa shape index (κ1) is 70.6. The molecule has 5 rings (SSSR count). The molecule has 0 radical (unpaired) electrons. The fourth-order valence-corrected chi connectivity index (χ4v) is 7.97. The molecule has 2 aromatic heterocycles. The van der Waals surface area contributed by atoms with Crippen molar-refractivity contribution in [1.29, 1.82) is 11.1 Å². The Morgan fingerprint density at radius 2 is 1.04 bits per heavy atom. The predicted octanol–water partition coefficient (Wildman–Crippen LogP) is 10.3. The Morgan fingerprint density at radius 1 is 0.576 bits per heavy atom. The summed E-state index contributed by atoms with van der Waals surface area (Å²) in [4.78, 5) is 30.0. The number of carbonyl (C=O) groups excluding carboxylic acids is 1. The molecule has 2 heterocycles. The number of phosphoric acid groups is 1. The van der Waals surface area contributed by atoms with E-state index in [9.17, 15) is 22.7 Å². The van der Waals surface area contributed by atoms with Gasteiger partial charge in [-0.1, -0.05) is 34.7 Å². The molecule has 0 aliphatic rings. The van der Waals surface area contributed by atoms with Gasteiger partial charge in [-0.05, 0) is 139 Å².